The molecule has 9 heteroatoms. The lowest BCUT2D eigenvalue weighted by molar-refractivity contribution is 0.0266. The van der Waals surface area contributed by atoms with Crippen LogP contribution in [0.25, 0.3) is 0 Å². The molecule has 1 aromatic rings. The van der Waals surface area contributed by atoms with Crippen LogP contribution in [0.5, 0.6) is 0 Å². The van der Waals surface area contributed by atoms with Crippen molar-refractivity contribution in [1.29, 1.82) is 0 Å². The Kier molecular flexibility index (Phi) is 5.17. The number of amides is 1. The van der Waals surface area contributed by atoms with Crippen LogP contribution in [0.15, 0.2) is 12.3 Å². The summed E-state index contributed by atoms with van der Waals surface area (Å²) in [5, 5.41) is 4.24. The molecule has 8 nitrogen and oxygen atoms in total. The average molecular weight is 371 g/mol. The smallest absolute Gasteiger partial charge is 0.274 e. The Labute approximate surface area is 148 Å². The highest BCUT2D eigenvalue weighted by Crippen LogP contribution is 2.45. The molecule has 0 N–H and O–H groups in total. The monoisotopic (exact) mass is 371 g/mol. The van der Waals surface area contributed by atoms with E-state index in [0.29, 0.717) is 38.5 Å². The molecule has 1 amide bonds. The summed E-state index contributed by atoms with van der Waals surface area (Å²) in [6, 6.07) is 1.66. The molecule has 0 aliphatic carbocycles. The summed E-state index contributed by atoms with van der Waals surface area (Å²) in [4.78, 5) is 14.2. The molecule has 3 heterocycles. The molecule has 25 heavy (non-hydrogen) atoms. The van der Waals surface area contributed by atoms with Crippen molar-refractivity contribution in [1.82, 2.24) is 14.7 Å². The highest BCUT2D eigenvalue weighted by atomic mass is 32.2. The van der Waals surface area contributed by atoms with Gasteiger partial charge in [0, 0.05) is 38.9 Å². The molecule has 2 saturated heterocycles. The van der Waals surface area contributed by atoms with Crippen LogP contribution < -0.4 is 0 Å². The second-order valence-corrected chi connectivity index (χ2v) is 9.10. The number of methoxy groups -OCH3 is 1. The predicted octanol–water partition coefficient (Wildman–Crippen LogP) is 0.195. The molecule has 2 aliphatic rings. The molecule has 1 atom stereocenters. The van der Waals surface area contributed by atoms with Gasteiger partial charge in [0.25, 0.3) is 5.91 Å². The van der Waals surface area contributed by atoms with Crippen LogP contribution in [0.3, 0.4) is 0 Å². The Hall–Kier alpha value is -1.45. The van der Waals surface area contributed by atoms with Crippen LogP contribution in [0.1, 0.15) is 23.8 Å². The number of carbonyl (C=O) groups is 1. The van der Waals surface area contributed by atoms with Crippen LogP contribution in [0.4, 0.5) is 0 Å². The number of hydrogen-bond acceptors (Lipinski definition) is 6. The summed E-state index contributed by atoms with van der Waals surface area (Å²) >= 11 is 0. The normalized spacial score (nSPS) is 23.8. The van der Waals surface area contributed by atoms with Gasteiger partial charge in [0.2, 0.25) is 0 Å². The summed E-state index contributed by atoms with van der Waals surface area (Å²) in [7, 11) is -1.59. The van der Waals surface area contributed by atoms with Crippen molar-refractivity contribution in [2.45, 2.75) is 24.6 Å². The van der Waals surface area contributed by atoms with E-state index in [1.54, 1.807) is 29.0 Å². The molecule has 0 saturated carbocycles. The van der Waals surface area contributed by atoms with Gasteiger partial charge in [-0.15, -0.1) is 0 Å². The molecule has 0 bridgehead atoms. The first-order chi connectivity index (χ1) is 11.9. The standard InChI is InChI=1S/C16H25N3O5S/c1-3-24-10-13-5-9-25(21,22)16(13)11-18(12-16)15(20)14-4-6-19(17-14)7-8-23-2/h4,6,13H,3,5,7-12H2,1-2H3/t13-/m0/s1. The van der Waals surface area contributed by atoms with Crippen LogP contribution >= 0.6 is 0 Å². The van der Waals surface area contributed by atoms with Gasteiger partial charge in [0.15, 0.2) is 9.84 Å². The van der Waals surface area contributed by atoms with E-state index in [1.165, 1.54) is 0 Å². The fourth-order valence-corrected chi connectivity index (χ4v) is 6.06. The number of carbonyl (C=O) groups excluding carboxylic acids is 1. The maximum absolute atomic E-state index is 12.6. The zero-order valence-electron chi connectivity index (χ0n) is 14.7. The molecule has 1 spiro atoms. The van der Waals surface area contributed by atoms with E-state index < -0.39 is 14.6 Å². The van der Waals surface area contributed by atoms with E-state index >= 15 is 0 Å². The van der Waals surface area contributed by atoms with Crippen molar-refractivity contribution >= 4 is 15.7 Å². The minimum absolute atomic E-state index is 0.0410. The average Bonchev–Trinajstić information content (AvgIpc) is 3.11. The Balaban J connectivity index is 1.67. The lowest BCUT2D eigenvalue weighted by Crippen LogP contribution is -2.68. The summed E-state index contributed by atoms with van der Waals surface area (Å²) in [6.45, 7) is 4.44. The van der Waals surface area contributed by atoms with E-state index in [9.17, 15) is 13.2 Å². The molecular weight excluding hydrogens is 346 g/mol. The third-order valence-corrected chi connectivity index (χ3v) is 7.81. The zero-order valence-corrected chi connectivity index (χ0v) is 15.5. The molecule has 2 fully saturated rings. The maximum atomic E-state index is 12.6. The van der Waals surface area contributed by atoms with Gasteiger partial charge in [0.1, 0.15) is 10.4 Å². The molecule has 140 valence electrons. The SMILES string of the molecule is CCOC[C@@H]1CCS(=O)(=O)C12CN(C(=O)c1ccn(CCOC)n1)C2. The summed E-state index contributed by atoms with van der Waals surface area (Å²) in [6.07, 6.45) is 2.34. The van der Waals surface area contributed by atoms with E-state index in [0.717, 1.165) is 0 Å². The third kappa shape index (κ3) is 3.20. The summed E-state index contributed by atoms with van der Waals surface area (Å²) in [5.74, 6) is -0.0851. The second kappa shape index (κ2) is 7.05. The quantitative estimate of drug-likeness (QED) is 0.680. The Morgan fingerprint density at radius 2 is 2.20 bits per heavy atom. The predicted molar refractivity (Wildman–Crippen MR) is 91.1 cm³/mol. The molecule has 0 radical (unpaired) electrons. The number of hydrogen-bond donors (Lipinski definition) is 0. The lowest BCUT2D eigenvalue weighted by atomic mass is 9.83. The topological polar surface area (TPSA) is 90.7 Å². The van der Waals surface area contributed by atoms with Gasteiger partial charge in [-0.05, 0) is 19.4 Å². The first kappa shape index (κ1) is 18.3. The van der Waals surface area contributed by atoms with Gasteiger partial charge < -0.3 is 14.4 Å². The fraction of sp³-hybridized carbons (Fsp3) is 0.750. The van der Waals surface area contributed by atoms with Gasteiger partial charge in [-0.25, -0.2) is 8.42 Å². The lowest BCUT2D eigenvalue weighted by Gasteiger charge is -2.49. The van der Waals surface area contributed by atoms with E-state index in [4.69, 9.17) is 9.47 Å². The van der Waals surface area contributed by atoms with Crippen molar-refractivity contribution in [2.75, 3.05) is 45.8 Å². The molecule has 1 aromatic heterocycles. The van der Waals surface area contributed by atoms with E-state index in [1.807, 2.05) is 6.92 Å². The first-order valence-electron chi connectivity index (χ1n) is 8.55. The van der Waals surface area contributed by atoms with Crippen LogP contribution in [-0.4, -0.2) is 79.5 Å². The fourth-order valence-electron chi connectivity index (χ4n) is 3.66. The number of rotatable bonds is 7. The van der Waals surface area contributed by atoms with Gasteiger partial charge in [-0.3, -0.25) is 9.48 Å². The molecule has 2 aliphatic heterocycles. The molecule has 3 rings (SSSR count). The van der Waals surface area contributed by atoms with E-state index in [-0.39, 0.29) is 30.7 Å². The first-order valence-corrected chi connectivity index (χ1v) is 10.2. The van der Waals surface area contributed by atoms with Gasteiger partial charge in [0.05, 0.1) is 25.5 Å². The van der Waals surface area contributed by atoms with Crippen molar-refractivity contribution in [3.63, 3.8) is 0 Å². The Morgan fingerprint density at radius 3 is 2.88 bits per heavy atom. The van der Waals surface area contributed by atoms with Crippen molar-refractivity contribution in [3.8, 4) is 0 Å². The van der Waals surface area contributed by atoms with Gasteiger partial charge in [-0.2, -0.15) is 5.10 Å². The number of aromatic nitrogens is 2. The molecule has 0 unspecified atom stereocenters. The molecular formula is C16H25N3O5S. The van der Waals surface area contributed by atoms with Crippen LogP contribution in [0, 0.1) is 5.92 Å². The number of likely N-dealkylation sites (tertiary alicyclic amines) is 1. The van der Waals surface area contributed by atoms with Crippen molar-refractivity contribution < 1.29 is 22.7 Å². The Bertz CT molecular complexity index is 724. The van der Waals surface area contributed by atoms with Gasteiger partial charge in [-0.1, -0.05) is 0 Å². The zero-order chi connectivity index (χ0) is 18.1. The number of ether oxygens (including phenoxy) is 2. The molecule has 0 aromatic carbocycles. The summed E-state index contributed by atoms with van der Waals surface area (Å²) in [5.41, 5.74) is 0.336. The van der Waals surface area contributed by atoms with Crippen molar-refractivity contribution in [3.05, 3.63) is 18.0 Å². The van der Waals surface area contributed by atoms with Gasteiger partial charge >= 0.3 is 0 Å². The largest absolute Gasteiger partial charge is 0.383 e. The maximum Gasteiger partial charge on any atom is 0.274 e. The van der Waals surface area contributed by atoms with Crippen molar-refractivity contribution in [2.24, 2.45) is 5.92 Å². The number of sulfone groups is 1. The van der Waals surface area contributed by atoms with Crippen LogP contribution in [0.2, 0.25) is 0 Å². The Morgan fingerprint density at radius 1 is 1.44 bits per heavy atom. The number of nitrogens with zero attached hydrogens (tertiary/aromatic N) is 3. The third-order valence-electron chi connectivity index (χ3n) is 5.21. The second-order valence-electron chi connectivity index (χ2n) is 6.65. The van der Waals surface area contributed by atoms with E-state index in [2.05, 4.69) is 5.10 Å². The highest BCUT2D eigenvalue weighted by Gasteiger charge is 2.62. The highest BCUT2D eigenvalue weighted by molar-refractivity contribution is 7.93. The minimum atomic E-state index is -3.20. The van der Waals surface area contributed by atoms with Crippen LogP contribution in [-0.2, 0) is 25.9 Å². The summed E-state index contributed by atoms with van der Waals surface area (Å²) < 4.78 is 36.3. The minimum Gasteiger partial charge on any atom is -0.383 e.